The van der Waals surface area contributed by atoms with Crippen LogP contribution in [-0.2, 0) is 16.6 Å². The van der Waals surface area contributed by atoms with Gasteiger partial charge in [-0.25, -0.2) is 15.0 Å². The molecule has 0 bridgehead atoms. The molecule has 3 aromatic rings. The van der Waals surface area contributed by atoms with Crippen molar-refractivity contribution < 1.29 is 19.0 Å². The number of methoxy groups -OCH3 is 2. The summed E-state index contributed by atoms with van der Waals surface area (Å²) in [6.45, 7) is 4.24. The monoisotopic (exact) mass is 543 g/mol. The summed E-state index contributed by atoms with van der Waals surface area (Å²) in [6.07, 6.45) is 5.91. The summed E-state index contributed by atoms with van der Waals surface area (Å²) in [5, 5.41) is 0.930. The lowest BCUT2D eigenvalue weighted by molar-refractivity contribution is -0.113. The van der Waals surface area contributed by atoms with E-state index in [1.807, 2.05) is 0 Å². The summed E-state index contributed by atoms with van der Waals surface area (Å²) in [5.41, 5.74) is 0.511. The number of pyridine rings is 1. The van der Waals surface area contributed by atoms with Crippen LogP contribution in [0.2, 0.25) is 10.0 Å². The zero-order chi connectivity index (χ0) is 26.7. The third-order valence-electron chi connectivity index (χ3n) is 5.90. The summed E-state index contributed by atoms with van der Waals surface area (Å²) >= 11 is 13.1. The van der Waals surface area contributed by atoms with Gasteiger partial charge in [0.1, 0.15) is 17.1 Å². The molecular formula is C25H23Cl2N5O5. The van der Waals surface area contributed by atoms with Gasteiger partial charge in [0, 0.05) is 54.5 Å². The average Bonchev–Trinajstić information content (AvgIpc) is 3.36. The zero-order valence-electron chi connectivity index (χ0n) is 20.3. The number of aryl methyl sites for hydroxylation is 1. The fraction of sp³-hybridized carbons (Fsp3) is 0.280. The Morgan fingerprint density at radius 2 is 1.81 bits per heavy atom. The summed E-state index contributed by atoms with van der Waals surface area (Å²) in [4.78, 5) is 41.7. The quantitative estimate of drug-likeness (QED) is 0.325. The van der Waals surface area contributed by atoms with Gasteiger partial charge >= 0.3 is 0 Å². The van der Waals surface area contributed by atoms with Crippen LogP contribution in [0.5, 0.6) is 11.5 Å². The van der Waals surface area contributed by atoms with E-state index in [4.69, 9.17) is 37.4 Å². The number of carbonyl (C=O) groups is 1. The van der Waals surface area contributed by atoms with Crippen molar-refractivity contribution in [2.75, 3.05) is 27.4 Å². The van der Waals surface area contributed by atoms with E-state index in [0.717, 1.165) is 6.08 Å². The van der Waals surface area contributed by atoms with Crippen LogP contribution in [0.1, 0.15) is 0 Å². The molecule has 0 saturated carbocycles. The number of hydrogen-bond acceptors (Lipinski definition) is 8. The minimum Gasteiger partial charge on any atom is -0.495 e. The highest BCUT2D eigenvalue weighted by Gasteiger charge is 2.26. The van der Waals surface area contributed by atoms with E-state index < -0.39 is 5.91 Å². The summed E-state index contributed by atoms with van der Waals surface area (Å²) in [7, 11) is 4.50. The van der Waals surface area contributed by atoms with Crippen LogP contribution in [-0.4, -0.2) is 60.3 Å². The molecule has 37 heavy (non-hydrogen) atoms. The third kappa shape index (κ3) is 5.27. The Hall–Kier alpha value is -3.60. The SMILES string of the molecule is C=CC(=O)N=CC1COCC1C=Nc1ncc2cc(-c3c(Cl)c(OC)cc(OC)c3Cl)c(=O)n(C)c2n1. The fourth-order valence-corrected chi connectivity index (χ4v) is 4.58. The number of aliphatic imine (C=N–C) groups is 2. The lowest BCUT2D eigenvalue weighted by Gasteiger charge is -2.15. The van der Waals surface area contributed by atoms with Crippen LogP contribution < -0.4 is 15.0 Å². The van der Waals surface area contributed by atoms with Crippen molar-refractivity contribution >= 4 is 58.5 Å². The standard InChI is InChI=1S/C25H23Cl2N5O5/c1-5-19(33)28-9-14-11-37-12-15(14)10-30-25-29-8-13-6-16(24(34)32(2)23(13)31-25)20-21(26)17(35-3)7-18(36-4)22(20)27/h5-10,14-15H,1,11-12H2,2-4H3. The van der Waals surface area contributed by atoms with Crippen molar-refractivity contribution in [1.29, 1.82) is 0 Å². The van der Waals surface area contributed by atoms with Crippen molar-refractivity contribution in [3.63, 3.8) is 0 Å². The van der Waals surface area contributed by atoms with Crippen molar-refractivity contribution in [3.05, 3.63) is 51.4 Å². The van der Waals surface area contributed by atoms with Crippen molar-refractivity contribution in [2.45, 2.75) is 0 Å². The van der Waals surface area contributed by atoms with Gasteiger partial charge in [-0.3, -0.25) is 14.2 Å². The van der Waals surface area contributed by atoms with Crippen LogP contribution >= 0.6 is 23.2 Å². The molecule has 4 rings (SSSR count). The second kappa shape index (κ2) is 11.2. The van der Waals surface area contributed by atoms with Crippen molar-refractivity contribution in [1.82, 2.24) is 14.5 Å². The van der Waals surface area contributed by atoms with E-state index in [0.29, 0.717) is 35.7 Å². The Bertz CT molecular complexity index is 1470. The molecule has 12 heteroatoms. The molecule has 10 nitrogen and oxygen atoms in total. The van der Waals surface area contributed by atoms with E-state index in [9.17, 15) is 9.59 Å². The lowest BCUT2D eigenvalue weighted by Crippen LogP contribution is -2.20. The number of ether oxygens (including phenoxy) is 3. The molecule has 1 aliphatic rings. The molecule has 2 aromatic heterocycles. The number of rotatable bonds is 7. The number of halogens is 2. The number of benzene rings is 1. The molecule has 0 aliphatic carbocycles. The molecule has 0 radical (unpaired) electrons. The van der Waals surface area contributed by atoms with Gasteiger partial charge in [-0.2, -0.15) is 4.98 Å². The van der Waals surface area contributed by atoms with Crippen LogP contribution in [0, 0.1) is 11.8 Å². The highest BCUT2D eigenvalue weighted by Crippen LogP contribution is 2.45. The predicted octanol–water partition coefficient (Wildman–Crippen LogP) is 4.07. The molecule has 192 valence electrons. The van der Waals surface area contributed by atoms with Gasteiger partial charge in [0.15, 0.2) is 0 Å². The predicted molar refractivity (Wildman–Crippen MR) is 143 cm³/mol. The highest BCUT2D eigenvalue weighted by atomic mass is 35.5. The third-order valence-corrected chi connectivity index (χ3v) is 6.65. The first kappa shape index (κ1) is 26.5. The topological polar surface area (TPSA) is 117 Å². The molecule has 2 atom stereocenters. The first-order chi connectivity index (χ1) is 17.8. The van der Waals surface area contributed by atoms with E-state index in [2.05, 4.69) is 26.5 Å². The van der Waals surface area contributed by atoms with Gasteiger partial charge in [-0.1, -0.05) is 29.8 Å². The summed E-state index contributed by atoms with van der Waals surface area (Å²) in [6, 6.07) is 3.17. The molecule has 3 heterocycles. The molecule has 1 aromatic carbocycles. The van der Waals surface area contributed by atoms with Gasteiger partial charge < -0.3 is 14.2 Å². The number of aromatic nitrogens is 3. The fourth-order valence-electron chi connectivity index (χ4n) is 3.88. The average molecular weight is 544 g/mol. The van der Waals surface area contributed by atoms with Crippen molar-refractivity contribution in [3.8, 4) is 22.6 Å². The molecule has 1 saturated heterocycles. The molecule has 0 N–H and O–H groups in total. The Kier molecular flexibility index (Phi) is 8.01. The smallest absolute Gasteiger partial charge is 0.268 e. The Labute approximate surface area is 222 Å². The van der Waals surface area contributed by atoms with E-state index in [-0.39, 0.29) is 44.5 Å². The first-order valence-corrected chi connectivity index (χ1v) is 11.8. The number of carbonyl (C=O) groups excluding carboxylic acids is 1. The number of amides is 1. The maximum absolute atomic E-state index is 13.4. The maximum Gasteiger partial charge on any atom is 0.268 e. The summed E-state index contributed by atoms with van der Waals surface area (Å²) < 4.78 is 17.5. The molecular weight excluding hydrogens is 521 g/mol. The number of hydrogen-bond donors (Lipinski definition) is 0. The minimum absolute atomic E-state index is 0.112. The first-order valence-electron chi connectivity index (χ1n) is 11.1. The van der Waals surface area contributed by atoms with Crippen LogP contribution in [0.4, 0.5) is 5.95 Å². The second-order valence-electron chi connectivity index (χ2n) is 8.12. The van der Waals surface area contributed by atoms with Crippen LogP contribution in [0.25, 0.3) is 22.2 Å². The normalized spacial score (nSPS) is 17.6. The second-order valence-corrected chi connectivity index (χ2v) is 8.87. The van der Waals surface area contributed by atoms with Gasteiger partial charge in [-0.15, -0.1) is 0 Å². The van der Waals surface area contributed by atoms with Gasteiger partial charge in [0.2, 0.25) is 0 Å². The molecule has 1 fully saturated rings. The van der Waals surface area contributed by atoms with E-state index in [1.165, 1.54) is 18.8 Å². The van der Waals surface area contributed by atoms with Crippen molar-refractivity contribution in [2.24, 2.45) is 28.9 Å². The molecule has 1 amide bonds. The van der Waals surface area contributed by atoms with E-state index >= 15 is 0 Å². The van der Waals surface area contributed by atoms with Crippen LogP contribution in [0.3, 0.4) is 0 Å². The summed E-state index contributed by atoms with van der Waals surface area (Å²) in [5.74, 6) is 0.145. The van der Waals surface area contributed by atoms with Gasteiger partial charge in [-0.05, 0) is 12.1 Å². The Balaban J connectivity index is 1.72. The zero-order valence-corrected chi connectivity index (χ0v) is 21.8. The molecule has 1 aliphatic heterocycles. The van der Waals surface area contributed by atoms with E-state index in [1.54, 1.807) is 37.8 Å². The Morgan fingerprint density at radius 1 is 1.16 bits per heavy atom. The maximum atomic E-state index is 13.4. The highest BCUT2D eigenvalue weighted by molar-refractivity contribution is 6.41. The van der Waals surface area contributed by atoms with Gasteiger partial charge in [0.25, 0.3) is 17.4 Å². The van der Waals surface area contributed by atoms with Crippen LogP contribution in [0.15, 0.2) is 45.8 Å². The molecule has 2 unspecified atom stereocenters. The largest absolute Gasteiger partial charge is 0.495 e. The molecule has 0 spiro atoms. The Morgan fingerprint density at radius 3 is 2.43 bits per heavy atom. The lowest BCUT2D eigenvalue weighted by atomic mass is 9.99. The number of nitrogens with zero attached hydrogens (tertiary/aromatic N) is 5. The minimum atomic E-state index is -0.421. The number of fused-ring (bicyclic) bond motifs is 1. The van der Waals surface area contributed by atoms with Gasteiger partial charge in [0.05, 0.1) is 43.0 Å².